The third-order valence-electron chi connectivity index (χ3n) is 1.64. The van der Waals surface area contributed by atoms with Gasteiger partial charge in [-0.3, -0.25) is 0 Å². The van der Waals surface area contributed by atoms with E-state index in [2.05, 4.69) is 20.3 Å². The first-order valence-electron chi connectivity index (χ1n) is 4.00. The molecule has 0 aliphatic carbocycles. The van der Waals surface area contributed by atoms with Crippen LogP contribution in [0, 0.1) is 11.3 Å². The van der Waals surface area contributed by atoms with Crippen LogP contribution in [0.5, 0.6) is 0 Å². The molecule has 0 aliphatic heterocycles. The Bertz CT molecular complexity index is 437. The van der Waals surface area contributed by atoms with Gasteiger partial charge in [-0.25, -0.2) is 9.97 Å². The predicted octanol–water partition coefficient (Wildman–Crippen LogP) is 1.42. The van der Waals surface area contributed by atoms with E-state index in [1.54, 1.807) is 12.4 Å². The van der Waals surface area contributed by atoms with Crippen molar-refractivity contribution < 1.29 is 0 Å². The van der Waals surface area contributed by atoms with Gasteiger partial charge in [-0.05, 0) is 6.07 Å². The minimum atomic E-state index is 0.449. The molecule has 0 radical (unpaired) electrons. The number of hydrogen-bond donors (Lipinski definition) is 2. The standard InChI is InChI=1S/C9H7N5/c10-3-7-4-12-9(13-5-7)14-8-1-2-11-6-8/h1-2,4-6,11H,(H,12,13,14). The van der Waals surface area contributed by atoms with Crippen LogP contribution in [-0.2, 0) is 0 Å². The lowest BCUT2D eigenvalue weighted by atomic mass is 10.4. The number of nitrogens with one attached hydrogen (secondary N) is 2. The van der Waals surface area contributed by atoms with E-state index in [-0.39, 0.29) is 0 Å². The summed E-state index contributed by atoms with van der Waals surface area (Å²) >= 11 is 0. The van der Waals surface area contributed by atoms with E-state index in [1.807, 2.05) is 12.1 Å². The van der Waals surface area contributed by atoms with Crippen molar-refractivity contribution in [3.05, 3.63) is 36.4 Å². The van der Waals surface area contributed by atoms with Gasteiger partial charge in [0.15, 0.2) is 0 Å². The van der Waals surface area contributed by atoms with E-state index in [4.69, 9.17) is 5.26 Å². The van der Waals surface area contributed by atoms with Crippen molar-refractivity contribution in [2.75, 3.05) is 5.32 Å². The lowest BCUT2D eigenvalue weighted by molar-refractivity contribution is 1.15. The Kier molecular flexibility index (Phi) is 2.11. The molecule has 2 heterocycles. The largest absolute Gasteiger partial charge is 0.366 e. The third-order valence-corrected chi connectivity index (χ3v) is 1.64. The quantitative estimate of drug-likeness (QED) is 0.741. The average Bonchev–Trinajstić information content (AvgIpc) is 2.72. The van der Waals surface area contributed by atoms with Crippen LogP contribution in [0.25, 0.3) is 0 Å². The molecule has 68 valence electrons. The van der Waals surface area contributed by atoms with E-state index < -0.39 is 0 Å². The molecule has 2 N–H and O–H groups in total. The first-order chi connectivity index (χ1) is 6.88. The van der Waals surface area contributed by atoms with Crippen molar-refractivity contribution in [3.8, 4) is 6.07 Å². The van der Waals surface area contributed by atoms with Crippen molar-refractivity contribution >= 4 is 11.6 Å². The Labute approximate surface area is 80.4 Å². The maximum absolute atomic E-state index is 8.53. The van der Waals surface area contributed by atoms with Crippen molar-refractivity contribution in [2.24, 2.45) is 0 Å². The minimum absolute atomic E-state index is 0.449. The van der Waals surface area contributed by atoms with E-state index in [0.29, 0.717) is 11.5 Å². The van der Waals surface area contributed by atoms with E-state index >= 15 is 0 Å². The average molecular weight is 185 g/mol. The van der Waals surface area contributed by atoms with Crippen LogP contribution in [0.1, 0.15) is 5.56 Å². The molecule has 0 saturated carbocycles. The Hall–Kier alpha value is -2.35. The van der Waals surface area contributed by atoms with E-state index in [9.17, 15) is 0 Å². The maximum atomic E-state index is 8.53. The zero-order chi connectivity index (χ0) is 9.80. The van der Waals surface area contributed by atoms with Crippen molar-refractivity contribution in [1.82, 2.24) is 15.0 Å². The summed E-state index contributed by atoms with van der Waals surface area (Å²) in [6.45, 7) is 0. The highest BCUT2D eigenvalue weighted by Gasteiger charge is 1.97. The first-order valence-corrected chi connectivity index (χ1v) is 4.00. The van der Waals surface area contributed by atoms with Crippen LogP contribution in [0.3, 0.4) is 0 Å². The summed E-state index contributed by atoms with van der Waals surface area (Å²) in [6, 6.07) is 3.82. The van der Waals surface area contributed by atoms with Gasteiger partial charge in [0, 0.05) is 12.4 Å². The number of hydrogen-bond acceptors (Lipinski definition) is 4. The van der Waals surface area contributed by atoms with Gasteiger partial charge in [0.25, 0.3) is 0 Å². The number of aromatic nitrogens is 3. The molecule has 2 aromatic heterocycles. The lowest BCUT2D eigenvalue weighted by Gasteiger charge is -1.99. The molecule has 0 atom stereocenters. The van der Waals surface area contributed by atoms with Crippen LogP contribution in [0.2, 0.25) is 0 Å². The number of nitrogens with zero attached hydrogens (tertiary/aromatic N) is 3. The Balaban J connectivity index is 2.15. The Morgan fingerprint density at radius 1 is 1.36 bits per heavy atom. The van der Waals surface area contributed by atoms with Crippen molar-refractivity contribution in [3.63, 3.8) is 0 Å². The molecule has 2 rings (SSSR count). The molecule has 0 saturated heterocycles. The second-order valence-electron chi connectivity index (χ2n) is 2.63. The summed E-state index contributed by atoms with van der Waals surface area (Å²) in [5.41, 5.74) is 1.33. The molecule has 2 aromatic rings. The van der Waals surface area contributed by atoms with Gasteiger partial charge < -0.3 is 10.3 Å². The number of nitriles is 1. The molecule has 0 aromatic carbocycles. The fraction of sp³-hybridized carbons (Fsp3) is 0. The number of H-pyrrole nitrogens is 1. The predicted molar refractivity (Wildman–Crippen MR) is 50.8 cm³/mol. The SMILES string of the molecule is N#Cc1cnc(Nc2cc[nH]c2)nc1. The van der Waals surface area contributed by atoms with Crippen LogP contribution < -0.4 is 5.32 Å². The summed E-state index contributed by atoms with van der Waals surface area (Å²) in [4.78, 5) is 10.8. The summed E-state index contributed by atoms with van der Waals surface area (Å²) in [5.74, 6) is 0.476. The first kappa shape index (κ1) is 8.26. The van der Waals surface area contributed by atoms with Gasteiger partial charge in [0.05, 0.1) is 23.6 Å². The smallest absolute Gasteiger partial charge is 0.227 e. The second-order valence-corrected chi connectivity index (χ2v) is 2.63. The van der Waals surface area contributed by atoms with Crippen LogP contribution in [0.15, 0.2) is 30.9 Å². The number of anilines is 2. The van der Waals surface area contributed by atoms with Crippen molar-refractivity contribution in [1.29, 1.82) is 5.26 Å². The number of rotatable bonds is 2. The third kappa shape index (κ3) is 1.69. The van der Waals surface area contributed by atoms with Crippen LogP contribution in [0.4, 0.5) is 11.6 Å². The second kappa shape index (κ2) is 3.58. The van der Waals surface area contributed by atoms with Gasteiger partial charge >= 0.3 is 0 Å². The van der Waals surface area contributed by atoms with Gasteiger partial charge in [-0.2, -0.15) is 5.26 Å². The van der Waals surface area contributed by atoms with Gasteiger partial charge in [0.1, 0.15) is 6.07 Å². The molecule has 0 aliphatic rings. The highest BCUT2D eigenvalue weighted by atomic mass is 15.1. The fourth-order valence-corrected chi connectivity index (χ4v) is 0.981. The van der Waals surface area contributed by atoms with Gasteiger partial charge in [-0.15, -0.1) is 0 Å². The minimum Gasteiger partial charge on any atom is -0.366 e. The molecule has 0 amide bonds. The molecule has 0 bridgehead atoms. The molecular formula is C9H7N5. The molecule has 5 nitrogen and oxygen atoms in total. The summed E-state index contributed by atoms with van der Waals surface area (Å²) in [5, 5.41) is 11.5. The van der Waals surface area contributed by atoms with E-state index in [1.165, 1.54) is 12.4 Å². The van der Waals surface area contributed by atoms with E-state index in [0.717, 1.165) is 5.69 Å². The Morgan fingerprint density at radius 3 is 2.71 bits per heavy atom. The van der Waals surface area contributed by atoms with Gasteiger partial charge in [-0.1, -0.05) is 0 Å². The zero-order valence-corrected chi connectivity index (χ0v) is 7.23. The van der Waals surface area contributed by atoms with Crippen molar-refractivity contribution in [2.45, 2.75) is 0 Å². The highest BCUT2D eigenvalue weighted by molar-refractivity contribution is 5.51. The fourth-order valence-electron chi connectivity index (χ4n) is 0.981. The highest BCUT2D eigenvalue weighted by Crippen LogP contribution is 2.10. The van der Waals surface area contributed by atoms with Crippen LogP contribution >= 0.6 is 0 Å². The maximum Gasteiger partial charge on any atom is 0.227 e. The normalized spacial score (nSPS) is 9.36. The monoisotopic (exact) mass is 185 g/mol. The lowest BCUT2D eigenvalue weighted by Crippen LogP contribution is -1.95. The summed E-state index contributed by atoms with van der Waals surface area (Å²) in [6.07, 6.45) is 6.54. The molecule has 0 unspecified atom stereocenters. The zero-order valence-electron chi connectivity index (χ0n) is 7.23. The molecule has 5 heteroatoms. The topological polar surface area (TPSA) is 77.4 Å². The molecule has 14 heavy (non-hydrogen) atoms. The molecule has 0 fully saturated rings. The summed E-state index contributed by atoms with van der Waals surface area (Å²) < 4.78 is 0. The Morgan fingerprint density at radius 2 is 2.14 bits per heavy atom. The number of aromatic amines is 1. The molecule has 0 spiro atoms. The van der Waals surface area contributed by atoms with Gasteiger partial charge in [0.2, 0.25) is 5.95 Å². The summed E-state index contributed by atoms with van der Waals surface area (Å²) in [7, 11) is 0. The van der Waals surface area contributed by atoms with Crippen LogP contribution in [-0.4, -0.2) is 15.0 Å². The molecular weight excluding hydrogens is 178 g/mol.